The third kappa shape index (κ3) is 3.50. The summed E-state index contributed by atoms with van der Waals surface area (Å²) in [6.07, 6.45) is 0. The van der Waals surface area contributed by atoms with Crippen molar-refractivity contribution in [2.75, 3.05) is 13.7 Å². The van der Waals surface area contributed by atoms with Gasteiger partial charge >= 0.3 is 5.97 Å². The fourth-order valence-corrected chi connectivity index (χ4v) is 1.56. The van der Waals surface area contributed by atoms with Crippen LogP contribution in [0.4, 0.5) is 0 Å². The van der Waals surface area contributed by atoms with E-state index in [9.17, 15) is 9.59 Å². The molecule has 1 aromatic rings. The van der Waals surface area contributed by atoms with Gasteiger partial charge in [-0.3, -0.25) is 9.59 Å². The maximum atomic E-state index is 11.6. The molecule has 0 aliphatic rings. The Kier molecular flexibility index (Phi) is 4.76. The number of amides is 1. The summed E-state index contributed by atoms with van der Waals surface area (Å²) >= 11 is 9.07. The molecule has 1 N–H and O–H groups in total. The summed E-state index contributed by atoms with van der Waals surface area (Å²) in [6.45, 7) is -0.182. The molecule has 0 atom stereocenters. The van der Waals surface area contributed by atoms with Gasteiger partial charge in [0.25, 0.3) is 5.91 Å². The smallest absolute Gasteiger partial charge is 0.325 e. The van der Waals surface area contributed by atoms with Crippen LogP contribution in [0.3, 0.4) is 0 Å². The standard InChI is InChI=1S/C10H9BrClNO3/c1-16-9(14)5-13-10(15)7-4-6(11)2-3-8(7)12/h2-4H,5H2,1H3,(H,13,15). The van der Waals surface area contributed by atoms with Gasteiger partial charge in [-0.15, -0.1) is 0 Å². The summed E-state index contributed by atoms with van der Waals surface area (Å²) in [5.74, 6) is -0.934. The van der Waals surface area contributed by atoms with Gasteiger partial charge in [0.1, 0.15) is 6.54 Å². The highest BCUT2D eigenvalue weighted by atomic mass is 79.9. The number of hydrogen-bond donors (Lipinski definition) is 1. The van der Waals surface area contributed by atoms with Gasteiger partial charge in [0.05, 0.1) is 17.7 Å². The second-order valence-corrected chi connectivity index (χ2v) is 4.21. The molecule has 0 aliphatic heterocycles. The van der Waals surface area contributed by atoms with Crippen LogP contribution in [0.2, 0.25) is 5.02 Å². The van der Waals surface area contributed by atoms with Crippen molar-refractivity contribution in [3.05, 3.63) is 33.3 Å². The minimum Gasteiger partial charge on any atom is -0.468 e. The van der Waals surface area contributed by atoms with E-state index < -0.39 is 11.9 Å². The SMILES string of the molecule is COC(=O)CNC(=O)c1cc(Br)ccc1Cl. The summed E-state index contributed by atoms with van der Waals surface area (Å²) in [7, 11) is 1.25. The Morgan fingerprint density at radius 1 is 1.50 bits per heavy atom. The molecule has 0 bridgehead atoms. The van der Waals surface area contributed by atoms with Crippen molar-refractivity contribution in [1.82, 2.24) is 5.32 Å². The van der Waals surface area contributed by atoms with Crippen LogP contribution in [-0.2, 0) is 9.53 Å². The maximum Gasteiger partial charge on any atom is 0.325 e. The van der Waals surface area contributed by atoms with E-state index in [1.165, 1.54) is 7.11 Å². The van der Waals surface area contributed by atoms with Gasteiger partial charge in [0, 0.05) is 4.47 Å². The minimum atomic E-state index is -0.514. The van der Waals surface area contributed by atoms with Gasteiger partial charge < -0.3 is 10.1 Å². The number of rotatable bonds is 3. The van der Waals surface area contributed by atoms with Crippen LogP contribution < -0.4 is 5.32 Å². The molecular weight excluding hydrogens is 297 g/mol. The predicted octanol–water partition coefficient (Wildman–Crippen LogP) is 2.01. The number of carbonyl (C=O) groups is 2. The number of ether oxygens (including phenoxy) is 1. The van der Waals surface area contributed by atoms with Crippen LogP contribution in [-0.4, -0.2) is 25.5 Å². The molecule has 0 unspecified atom stereocenters. The Balaban J connectivity index is 2.73. The molecule has 0 saturated carbocycles. The highest BCUT2D eigenvalue weighted by Crippen LogP contribution is 2.20. The second-order valence-electron chi connectivity index (χ2n) is 2.88. The van der Waals surface area contributed by atoms with Crippen LogP contribution in [0.15, 0.2) is 22.7 Å². The second kappa shape index (κ2) is 5.86. The molecule has 1 rings (SSSR count). The summed E-state index contributed by atoms with van der Waals surface area (Å²) < 4.78 is 5.13. The molecule has 0 heterocycles. The fraction of sp³-hybridized carbons (Fsp3) is 0.200. The van der Waals surface area contributed by atoms with Gasteiger partial charge in [-0.25, -0.2) is 0 Å². The van der Waals surface area contributed by atoms with Gasteiger partial charge in [-0.2, -0.15) is 0 Å². The van der Waals surface area contributed by atoms with E-state index in [1.54, 1.807) is 18.2 Å². The Morgan fingerprint density at radius 3 is 2.81 bits per heavy atom. The lowest BCUT2D eigenvalue weighted by Gasteiger charge is -2.05. The molecule has 1 aromatic carbocycles. The Hall–Kier alpha value is -1.07. The number of hydrogen-bond acceptors (Lipinski definition) is 3. The van der Waals surface area contributed by atoms with Gasteiger partial charge in [0.2, 0.25) is 0 Å². The lowest BCUT2D eigenvalue weighted by Crippen LogP contribution is -2.30. The average molecular weight is 307 g/mol. The van der Waals surface area contributed by atoms with Crippen molar-refractivity contribution in [3.63, 3.8) is 0 Å². The van der Waals surface area contributed by atoms with Crippen molar-refractivity contribution in [1.29, 1.82) is 0 Å². The summed E-state index contributed by atoms with van der Waals surface area (Å²) in [5.41, 5.74) is 0.306. The van der Waals surface area contributed by atoms with Crippen LogP contribution in [0.25, 0.3) is 0 Å². The number of carbonyl (C=O) groups excluding carboxylic acids is 2. The highest BCUT2D eigenvalue weighted by molar-refractivity contribution is 9.10. The fourth-order valence-electron chi connectivity index (χ4n) is 0.991. The minimum absolute atomic E-state index is 0.182. The van der Waals surface area contributed by atoms with Crippen LogP contribution in [0, 0.1) is 0 Å². The molecule has 4 nitrogen and oxygen atoms in total. The van der Waals surface area contributed by atoms with E-state index in [1.807, 2.05) is 0 Å². The number of benzene rings is 1. The lowest BCUT2D eigenvalue weighted by atomic mass is 10.2. The van der Waals surface area contributed by atoms with Gasteiger partial charge in [0.15, 0.2) is 0 Å². The van der Waals surface area contributed by atoms with E-state index in [4.69, 9.17) is 11.6 Å². The Labute approximate surface area is 106 Å². The molecule has 16 heavy (non-hydrogen) atoms. The summed E-state index contributed by atoms with van der Waals surface area (Å²) in [5, 5.41) is 2.72. The lowest BCUT2D eigenvalue weighted by molar-refractivity contribution is -0.139. The summed E-state index contributed by atoms with van der Waals surface area (Å²) in [4.78, 5) is 22.4. The van der Waals surface area contributed by atoms with E-state index in [2.05, 4.69) is 26.0 Å². The molecule has 0 radical (unpaired) electrons. The number of halogens is 2. The molecule has 1 amide bonds. The molecule has 86 valence electrons. The van der Waals surface area contributed by atoms with E-state index >= 15 is 0 Å². The molecule has 6 heteroatoms. The van der Waals surface area contributed by atoms with Gasteiger partial charge in [-0.05, 0) is 18.2 Å². The number of methoxy groups -OCH3 is 1. The predicted molar refractivity (Wildman–Crippen MR) is 63.5 cm³/mol. The third-order valence-electron chi connectivity index (χ3n) is 1.79. The molecule has 0 aliphatic carbocycles. The first kappa shape index (κ1) is 13.0. The monoisotopic (exact) mass is 305 g/mol. The Bertz CT molecular complexity index is 423. The van der Waals surface area contributed by atoms with Crippen molar-refractivity contribution >= 4 is 39.4 Å². The topological polar surface area (TPSA) is 55.4 Å². The normalized spacial score (nSPS) is 9.69. The largest absolute Gasteiger partial charge is 0.468 e. The third-order valence-corrected chi connectivity index (χ3v) is 2.62. The van der Waals surface area contributed by atoms with Crippen molar-refractivity contribution < 1.29 is 14.3 Å². The van der Waals surface area contributed by atoms with Crippen molar-refractivity contribution in [2.24, 2.45) is 0 Å². The quantitative estimate of drug-likeness (QED) is 0.869. The first-order valence-electron chi connectivity index (χ1n) is 4.34. The maximum absolute atomic E-state index is 11.6. The van der Waals surface area contributed by atoms with Crippen molar-refractivity contribution in [3.8, 4) is 0 Å². The first-order valence-corrected chi connectivity index (χ1v) is 5.51. The van der Waals surface area contributed by atoms with Crippen LogP contribution in [0.5, 0.6) is 0 Å². The van der Waals surface area contributed by atoms with E-state index in [-0.39, 0.29) is 6.54 Å². The number of esters is 1. The molecular formula is C10H9BrClNO3. The molecule has 0 aromatic heterocycles. The molecule has 0 fully saturated rings. The molecule has 0 saturated heterocycles. The number of nitrogens with one attached hydrogen (secondary N) is 1. The Morgan fingerprint density at radius 2 is 2.19 bits per heavy atom. The summed E-state index contributed by atoms with van der Waals surface area (Å²) in [6, 6.07) is 4.90. The zero-order valence-corrected chi connectivity index (χ0v) is 10.8. The zero-order valence-electron chi connectivity index (χ0n) is 8.42. The van der Waals surface area contributed by atoms with E-state index in [0.717, 1.165) is 4.47 Å². The van der Waals surface area contributed by atoms with Crippen LogP contribution >= 0.6 is 27.5 Å². The van der Waals surface area contributed by atoms with Crippen LogP contribution in [0.1, 0.15) is 10.4 Å². The molecule has 0 spiro atoms. The van der Waals surface area contributed by atoms with Gasteiger partial charge in [-0.1, -0.05) is 27.5 Å². The highest BCUT2D eigenvalue weighted by Gasteiger charge is 2.11. The average Bonchev–Trinajstić information content (AvgIpc) is 2.28. The van der Waals surface area contributed by atoms with E-state index in [0.29, 0.717) is 10.6 Å². The van der Waals surface area contributed by atoms with Crippen molar-refractivity contribution in [2.45, 2.75) is 0 Å². The first-order chi connectivity index (χ1) is 7.54. The zero-order chi connectivity index (χ0) is 12.1.